The molecule has 9 heteroatoms. The molecular weight excluding hydrogens is 360 g/mol. The molecule has 0 unspecified atom stereocenters. The molecule has 1 fully saturated rings. The Balaban J connectivity index is 1.39. The molecule has 0 radical (unpaired) electrons. The van der Waals surface area contributed by atoms with E-state index in [1.807, 2.05) is 28.8 Å². The fourth-order valence-electron chi connectivity index (χ4n) is 3.47. The number of fused-ring (bicyclic) bond motifs is 1. The number of para-hydroxylation sites is 2. The molecule has 1 saturated carbocycles. The van der Waals surface area contributed by atoms with Crippen LogP contribution in [0.25, 0.3) is 11.0 Å². The number of carbonyl (C=O) groups is 1. The average molecular weight is 382 g/mol. The number of rotatable bonds is 7. The standard InChI is InChI=1S/C19H22N6O3/c1-28-7-6-25-17(11-26)23-24-18(25)12-8-13(9-12)21-19(27)16-10-20-14-4-2-3-5-15(14)22-16/h2-5,10,12-13,26H,6-9,11H2,1H3,(H,21,27). The van der Waals surface area contributed by atoms with Crippen molar-refractivity contribution in [1.82, 2.24) is 30.0 Å². The van der Waals surface area contributed by atoms with Gasteiger partial charge in [0.2, 0.25) is 0 Å². The minimum absolute atomic E-state index is 0.0518. The number of aliphatic hydroxyl groups is 1. The molecular formula is C19H22N6O3. The van der Waals surface area contributed by atoms with Gasteiger partial charge >= 0.3 is 0 Å². The first-order valence-electron chi connectivity index (χ1n) is 9.24. The lowest BCUT2D eigenvalue weighted by Crippen LogP contribution is -2.44. The van der Waals surface area contributed by atoms with Crippen LogP contribution < -0.4 is 5.32 Å². The van der Waals surface area contributed by atoms with E-state index in [9.17, 15) is 9.90 Å². The van der Waals surface area contributed by atoms with Gasteiger partial charge in [-0.25, -0.2) is 4.98 Å². The highest BCUT2D eigenvalue weighted by molar-refractivity contribution is 5.94. The Morgan fingerprint density at radius 3 is 2.82 bits per heavy atom. The summed E-state index contributed by atoms with van der Waals surface area (Å²) in [7, 11) is 1.63. The van der Waals surface area contributed by atoms with Crippen molar-refractivity contribution < 1.29 is 14.6 Å². The SMILES string of the molecule is COCCn1c(CO)nnc1C1CC(NC(=O)c2cnc3ccccc3n2)C1. The van der Waals surface area contributed by atoms with Crippen molar-refractivity contribution >= 4 is 16.9 Å². The highest BCUT2D eigenvalue weighted by atomic mass is 16.5. The van der Waals surface area contributed by atoms with Gasteiger partial charge in [0, 0.05) is 25.6 Å². The third kappa shape index (κ3) is 3.58. The van der Waals surface area contributed by atoms with E-state index in [1.54, 1.807) is 7.11 Å². The molecule has 9 nitrogen and oxygen atoms in total. The molecule has 0 aliphatic heterocycles. The fraction of sp³-hybridized carbons (Fsp3) is 0.421. The predicted molar refractivity (Wildman–Crippen MR) is 101 cm³/mol. The number of aliphatic hydroxyl groups excluding tert-OH is 1. The number of ether oxygens (including phenoxy) is 1. The van der Waals surface area contributed by atoms with E-state index in [0.717, 1.165) is 24.2 Å². The number of amides is 1. The van der Waals surface area contributed by atoms with Crippen LogP contribution in [-0.4, -0.2) is 55.5 Å². The Morgan fingerprint density at radius 2 is 2.07 bits per heavy atom. The zero-order chi connectivity index (χ0) is 19.5. The van der Waals surface area contributed by atoms with E-state index in [1.165, 1.54) is 6.20 Å². The number of nitrogens with one attached hydrogen (secondary N) is 1. The van der Waals surface area contributed by atoms with E-state index in [-0.39, 0.29) is 24.5 Å². The zero-order valence-electron chi connectivity index (χ0n) is 15.6. The van der Waals surface area contributed by atoms with Crippen LogP contribution >= 0.6 is 0 Å². The molecule has 3 aromatic rings. The number of aromatic nitrogens is 5. The molecule has 2 N–H and O–H groups in total. The monoisotopic (exact) mass is 382 g/mol. The molecule has 4 rings (SSSR count). The van der Waals surface area contributed by atoms with Crippen LogP contribution in [0.2, 0.25) is 0 Å². The molecule has 1 amide bonds. The molecule has 0 saturated heterocycles. The van der Waals surface area contributed by atoms with Crippen molar-refractivity contribution in [1.29, 1.82) is 0 Å². The highest BCUT2D eigenvalue weighted by Gasteiger charge is 2.35. The summed E-state index contributed by atoms with van der Waals surface area (Å²) < 4.78 is 7.03. The molecule has 146 valence electrons. The molecule has 1 aromatic carbocycles. The first-order chi connectivity index (χ1) is 13.7. The summed E-state index contributed by atoms with van der Waals surface area (Å²) in [5, 5.41) is 20.7. The van der Waals surface area contributed by atoms with Gasteiger partial charge in [0.15, 0.2) is 5.82 Å². The maximum atomic E-state index is 12.5. The summed E-state index contributed by atoms with van der Waals surface area (Å²) in [6.45, 7) is 0.949. The summed E-state index contributed by atoms with van der Waals surface area (Å²) >= 11 is 0. The minimum Gasteiger partial charge on any atom is -0.388 e. The van der Waals surface area contributed by atoms with Gasteiger partial charge < -0.3 is 19.7 Å². The van der Waals surface area contributed by atoms with Crippen molar-refractivity contribution in [3.05, 3.63) is 47.8 Å². The summed E-state index contributed by atoms with van der Waals surface area (Å²) in [4.78, 5) is 21.2. The normalized spacial score (nSPS) is 18.8. The first kappa shape index (κ1) is 18.5. The Kier molecular flexibility index (Phi) is 5.27. The summed E-state index contributed by atoms with van der Waals surface area (Å²) in [6.07, 6.45) is 3.04. The van der Waals surface area contributed by atoms with Gasteiger partial charge in [-0.3, -0.25) is 9.78 Å². The van der Waals surface area contributed by atoms with Gasteiger partial charge in [-0.1, -0.05) is 12.1 Å². The summed E-state index contributed by atoms with van der Waals surface area (Å²) in [5.41, 5.74) is 1.77. The van der Waals surface area contributed by atoms with Crippen LogP contribution in [0.3, 0.4) is 0 Å². The lowest BCUT2D eigenvalue weighted by molar-refractivity contribution is 0.0901. The van der Waals surface area contributed by atoms with Gasteiger partial charge in [-0.2, -0.15) is 0 Å². The van der Waals surface area contributed by atoms with Crippen molar-refractivity contribution in [2.45, 2.75) is 38.0 Å². The van der Waals surface area contributed by atoms with E-state index in [4.69, 9.17) is 4.74 Å². The number of nitrogens with zero attached hydrogens (tertiary/aromatic N) is 5. The lowest BCUT2D eigenvalue weighted by atomic mass is 9.79. The van der Waals surface area contributed by atoms with Gasteiger partial charge in [0.1, 0.15) is 18.1 Å². The smallest absolute Gasteiger partial charge is 0.271 e. The van der Waals surface area contributed by atoms with Gasteiger partial charge in [0.25, 0.3) is 5.91 Å². The van der Waals surface area contributed by atoms with E-state index >= 15 is 0 Å². The quantitative estimate of drug-likeness (QED) is 0.627. The summed E-state index contributed by atoms with van der Waals surface area (Å²) in [5.74, 6) is 1.33. The second-order valence-corrected chi connectivity index (χ2v) is 6.86. The maximum Gasteiger partial charge on any atom is 0.271 e. The second-order valence-electron chi connectivity index (χ2n) is 6.86. The van der Waals surface area contributed by atoms with Crippen molar-refractivity contribution in [2.75, 3.05) is 13.7 Å². The Bertz CT molecular complexity index is 983. The molecule has 1 aliphatic rings. The molecule has 0 spiro atoms. The average Bonchev–Trinajstić information content (AvgIpc) is 3.10. The predicted octanol–water partition coefficient (Wildman–Crippen LogP) is 1.04. The topological polar surface area (TPSA) is 115 Å². The van der Waals surface area contributed by atoms with E-state index < -0.39 is 0 Å². The second kappa shape index (κ2) is 7.99. The summed E-state index contributed by atoms with van der Waals surface area (Å²) in [6, 6.07) is 7.51. The number of methoxy groups -OCH3 is 1. The van der Waals surface area contributed by atoms with Crippen molar-refractivity contribution in [2.24, 2.45) is 0 Å². The molecule has 2 heterocycles. The van der Waals surface area contributed by atoms with Crippen molar-refractivity contribution in [3.8, 4) is 0 Å². The number of benzene rings is 1. The molecule has 2 aromatic heterocycles. The van der Waals surface area contributed by atoms with Crippen LogP contribution in [0.5, 0.6) is 0 Å². The Morgan fingerprint density at radius 1 is 1.29 bits per heavy atom. The molecule has 0 atom stereocenters. The zero-order valence-corrected chi connectivity index (χ0v) is 15.6. The molecule has 1 aliphatic carbocycles. The van der Waals surface area contributed by atoms with E-state index in [0.29, 0.717) is 30.2 Å². The van der Waals surface area contributed by atoms with Crippen LogP contribution in [0.4, 0.5) is 0 Å². The number of hydrogen-bond acceptors (Lipinski definition) is 7. The third-order valence-corrected chi connectivity index (χ3v) is 5.04. The largest absolute Gasteiger partial charge is 0.388 e. The van der Waals surface area contributed by atoms with Crippen LogP contribution in [0.1, 0.15) is 40.9 Å². The number of carbonyl (C=O) groups excluding carboxylic acids is 1. The Hall–Kier alpha value is -2.91. The fourth-order valence-corrected chi connectivity index (χ4v) is 3.47. The maximum absolute atomic E-state index is 12.5. The van der Waals surface area contributed by atoms with Gasteiger partial charge in [0.05, 0.1) is 23.8 Å². The minimum atomic E-state index is -0.224. The van der Waals surface area contributed by atoms with E-state index in [2.05, 4.69) is 25.5 Å². The van der Waals surface area contributed by atoms with Gasteiger partial charge in [-0.15, -0.1) is 10.2 Å². The molecule has 0 bridgehead atoms. The molecule has 28 heavy (non-hydrogen) atoms. The lowest BCUT2D eigenvalue weighted by Gasteiger charge is -2.35. The third-order valence-electron chi connectivity index (χ3n) is 5.04. The Labute approximate surface area is 161 Å². The first-order valence-corrected chi connectivity index (χ1v) is 9.24. The van der Waals surface area contributed by atoms with Crippen LogP contribution in [0, 0.1) is 0 Å². The van der Waals surface area contributed by atoms with Crippen LogP contribution in [-0.2, 0) is 17.9 Å². The van der Waals surface area contributed by atoms with Crippen molar-refractivity contribution in [3.63, 3.8) is 0 Å². The highest BCUT2D eigenvalue weighted by Crippen LogP contribution is 2.36. The van der Waals surface area contributed by atoms with Crippen LogP contribution in [0.15, 0.2) is 30.5 Å². The number of hydrogen-bond donors (Lipinski definition) is 2. The van der Waals surface area contributed by atoms with Gasteiger partial charge in [-0.05, 0) is 25.0 Å².